The van der Waals surface area contributed by atoms with Crippen molar-refractivity contribution in [2.75, 3.05) is 0 Å². The average molecular weight is 157 g/mol. The second-order valence-corrected chi connectivity index (χ2v) is 2.45. The SMILES string of the molecule is Cc1noc(C(N)C(C)O)n1. The summed E-state index contributed by atoms with van der Waals surface area (Å²) in [4.78, 5) is 3.87. The van der Waals surface area contributed by atoms with Crippen molar-refractivity contribution in [2.24, 2.45) is 5.73 Å². The fourth-order valence-electron chi connectivity index (χ4n) is 0.655. The minimum absolute atomic E-state index is 0.275. The molecule has 3 N–H and O–H groups in total. The largest absolute Gasteiger partial charge is 0.391 e. The van der Waals surface area contributed by atoms with Gasteiger partial charge in [-0.2, -0.15) is 4.98 Å². The molecule has 62 valence electrons. The number of aliphatic hydroxyl groups excluding tert-OH is 1. The van der Waals surface area contributed by atoms with Gasteiger partial charge in [-0.1, -0.05) is 5.16 Å². The van der Waals surface area contributed by atoms with Gasteiger partial charge in [-0.15, -0.1) is 0 Å². The Labute approximate surface area is 64.2 Å². The van der Waals surface area contributed by atoms with Crippen LogP contribution in [-0.2, 0) is 0 Å². The van der Waals surface area contributed by atoms with Gasteiger partial charge >= 0.3 is 0 Å². The van der Waals surface area contributed by atoms with Gasteiger partial charge < -0.3 is 15.4 Å². The zero-order chi connectivity index (χ0) is 8.43. The molecule has 1 aromatic rings. The van der Waals surface area contributed by atoms with Gasteiger partial charge in [-0.05, 0) is 13.8 Å². The predicted octanol–water partition coefficient (Wildman–Crippen LogP) is -0.241. The molecule has 0 aromatic carbocycles. The number of aromatic nitrogens is 2. The van der Waals surface area contributed by atoms with Crippen molar-refractivity contribution in [2.45, 2.75) is 26.0 Å². The summed E-state index contributed by atoms with van der Waals surface area (Å²) in [7, 11) is 0. The van der Waals surface area contributed by atoms with Gasteiger partial charge in [-0.3, -0.25) is 0 Å². The molecule has 0 aliphatic carbocycles. The Bertz CT molecular complexity index is 233. The maximum absolute atomic E-state index is 9.03. The fourth-order valence-corrected chi connectivity index (χ4v) is 0.655. The van der Waals surface area contributed by atoms with E-state index in [1.807, 2.05) is 0 Å². The summed E-state index contributed by atoms with van der Waals surface area (Å²) >= 11 is 0. The van der Waals surface area contributed by atoms with Crippen LogP contribution >= 0.6 is 0 Å². The molecule has 0 aliphatic heterocycles. The number of rotatable bonds is 2. The quantitative estimate of drug-likeness (QED) is 0.618. The van der Waals surface area contributed by atoms with Crippen LogP contribution in [0.2, 0.25) is 0 Å². The van der Waals surface area contributed by atoms with Crippen LogP contribution < -0.4 is 5.73 Å². The normalized spacial score (nSPS) is 16.4. The molecule has 2 atom stereocenters. The van der Waals surface area contributed by atoms with Gasteiger partial charge in [-0.25, -0.2) is 0 Å². The standard InChI is InChI=1S/C6H11N3O2/c1-3(10)5(7)6-8-4(2)9-11-6/h3,5,10H,7H2,1-2H3. The fraction of sp³-hybridized carbons (Fsp3) is 0.667. The molecular formula is C6H11N3O2. The van der Waals surface area contributed by atoms with Crippen LogP contribution in [0, 0.1) is 6.92 Å². The summed E-state index contributed by atoms with van der Waals surface area (Å²) in [6.45, 7) is 3.27. The smallest absolute Gasteiger partial charge is 0.246 e. The van der Waals surface area contributed by atoms with Crippen molar-refractivity contribution in [1.82, 2.24) is 10.1 Å². The van der Waals surface area contributed by atoms with Crippen LogP contribution in [0.15, 0.2) is 4.52 Å². The summed E-state index contributed by atoms with van der Waals surface area (Å²) in [5.74, 6) is 0.800. The van der Waals surface area contributed by atoms with E-state index < -0.39 is 12.1 Å². The Morgan fingerprint density at radius 3 is 2.64 bits per heavy atom. The molecule has 0 aliphatic rings. The van der Waals surface area contributed by atoms with E-state index in [0.717, 1.165) is 0 Å². The van der Waals surface area contributed by atoms with E-state index in [9.17, 15) is 0 Å². The Kier molecular flexibility index (Phi) is 2.21. The topological polar surface area (TPSA) is 85.2 Å². The van der Waals surface area contributed by atoms with Crippen molar-refractivity contribution in [3.63, 3.8) is 0 Å². The van der Waals surface area contributed by atoms with Crippen LogP contribution in [0.5, 0.6) is 0 Å². The molecule has 0 saturated carbocycles. The van der Waals surface area contributed by atoms with Gasteiger partial charge in [0.25, 0.3) is 0 Å². The van der Waals surface area contributed by atoms with E-state index in [-0.39, 0.29) is 5.89 Å². The van der Waals surface area contributed by atoms with Crippen molar-refractivity contribution in [3.8, 4) is 0 Å². The van der Waals surface area contributed by atoms with E-state index in [1.54, 1.807) is 13.8 Å². The highest BCUT2D eigenvalue weighted by Gasteiger charge is 2.17. The van der Waals surface area contributed by atoms with Gasteiger partial charge in [0.05, 0.1) is 6.10 Å². The highest BCUT2D eigenvalue weighted by Crippen LogP contribution is 2.10. The van der Waals surface area contributed by atoms with Crippen LogP contribution in [-0.4, -0.2) is 21.4 Å². The maximum Gasteiger partial charge on any atom is 0.246 e. The molecule has 1 rings (SSSR count). The Morgan fingerprint density at radius 1 is 1.64 bits per heavy atom. The Balaban J connectivity index is 2.76. The minimum atomic E-state index is -0.671. The lowest BCUT2D eigenvalue weighted by Gasteiger charge is -2.08. The zero-order valence-electron chi connectivity index (χ0n) is 6.48. The molecule has 0 amide bonds. The van der Waals surface area contributed by atoms with Crippen molar-refractivity contribution < 1.29 is 9.63 Å². The highest BCUT2D eigenvalue weighted by atomic mass is 16.5. The van der Waals surface area contributed by atoms with E-state index in [1.165, 1.54) is 0 Å². The molecule has 1 aromatic heterocycles. The molecule has 1 heterocycles. The number of aryl methyl sites for hydroxylation is 1. The Hall–Kier alpha value is -0.940. The molecule has 5 nitrogen and oxygen atoms in total. The van der Waals surface area contributed by atoms with Crippen molar-refractivity contribution in [3.05, 3.63) is 11.7 Å². The number of hydrogen-bond acceptors (Lipinski definition) is 5. The van der Waals surface area contributed by atoms with E-state index in [0.29, 0.717) is 5.82 Å². The van der Waals surface area contributed by atoms with E-state index in [4.69, 9.17) is 15.4 Å². The number of hydrogen-bond donors (Lipinski definition) is 2. The third-order valence-corrected chi connectivity index (χ3v) is 1.35. The molecule has 0 saturated heterocycles. The van der Waals surface area contributed by atoms with Gasteiger partial charge in [0.2, 0.25) is 5.89 Å². The molecule has 5 heteroatoms. The molecule has 0 spiro atoms. The van der Waals surface area contributed by atoms with Crippen LogP contribution in [0.4, 0.5) is 0 Å². The third-order valence-electron chi connectivity index (χ3n) is 1.35. The summed E-state index contributed by atoms with van der Waals surface area (Å²) in [5, 5.41) is 12.6. The second kappa shape index (κ2) is 2.98. The maximum atomic E-state index is 9.03. The molecule has 0 bridgehead atoms. The second-order valence-electron chi connectivity index (χ2n) is 2.45. The van der Waals surface area contributed by atoms with E-state index >= 15 is 0 Å². The molecule has 0 fully saturated rings. The van der Waals surface area contributed by atoms with Crippen molar-refractivity contribution in [1.29, 1.82) is 0 Å². The van der Waals surface area contributed by atoms with Crippen molar-refractivity contribution >= 4 is 0 Å². The van der Waals surface area contributed by atoms with Crippen LogP contribution in [0.25, 0.3) is 0 Å². The lowest BCUT2D eigenvalue weighted by Crippen LogP contribution is -2.23. The third kappa shape index (κ3) is 1.75. The number of nitrogens with zero attached hydrogens (tertiary/aromatic N) is 2. The van der Waals surface area contributed by atoms with Gasteiger partial charge in [0, 0.05) is 0 Å². The van der Waals surface area contributed by atoms with E-state index in [2.05, 4.69) is 10.1 Å². The summed E-state index contributed by atoms with van der Waals surface area (Å²) in [6.07, 6.45) is -0.671. The first kappa shape index (κ1) is 8.16. The van der Waals surface area contributed by atoms with Crippen LogP contribution in [0.1, 0.15) is 24.7 Å². The monoisotopic (exact) mass is 157 g/mol. The lowest BCUT2D eigenvalue weighted by molar-refractivity contribution is 0.146. The first-order valence-corrected chi connectivity index (χ1v) is 3.35. The lowest BCUT2D eigenvalue weighted by atomic mass is 10.2. The molecule has 2 unspecified atom stereocenters. The minimum Gasteiger partial charge on any atom is -0.391 e. The van der Waals surface area contributed by atoms with Gasteiger partial charge in [0.15, 0.2) is 5.82 Å². The summed E-state index contributed by atoms with van der Waals surface area (Å²) in [6, 6.07) is -0.587. The molecule has 0 radical (unpaired) electrons. The zero-order valence-corrected chi connectivity index (χ0v) is 6.48. The predicted molar refractivity (Wildman–Crippen MR) is 37.6 cm³/mol. The first-order valence-electron chi connectivity index (χ1n) is 3.35. The average Bonchev–Trinajstić information content (AvgIpc) is 2.34. The number of aliphatic hydroxyl groups is 1. The van der Waals surface area contributed by atoms with Gasteiger partial charge in [0.1, 0.15) is 6.04 Å². The Morgan fingerprint density at radius 2 is 2.27 bits per heavy atom. The highest BCUT2D eigenvalue weighted by molar-refractivity contribution is 4.91. The molecule has 11 heavy (non-hydrogen) atoms. The summed E-state index contributed by atoms with van der Waals surface area (Å²) < 4.78 is 4.74. The summed E-state index contributed by atoms with van der Waals surface area (Å²) in [5.41, 5.74) is 5.50. The molecular weight excluding hydrogens is 146 g/mol. The first-order chi connectivity index (χ1) is 5.11. The number of nitrogens with two attached hydrogens (primary N) is 1. The van der Waals surface area contributed by atoms with Crippen LogP contribution in [0.3, 0.4) is 0 Å².